The standard InChI is InChI=1S/C25H26N2O3/c1-18(2)24(19-11-5-3-6-12-19)27-23(28)17-30-22-16-10-9-15-21(22)25(29)26-20-13-7-4-8-14-20/h3-16,18,24H,17H2,1-2H3,(H,26,29)(H,27,28). The highest BCUT2D eigenvalue weighted by Crippen LogP contribution is 2.22. The van der Waals surface area contributed by atoms with E-state index in [-0.39, 0.29) is 30.4 Å². The molecule has 0 radical (unpaired) electrons. The second-order valence-corrected chi connectivity index (χ2v) is 7.30. The lowest BCUT2D eigenvalue weighted by Gasteiger charge is -2.23. The van der Waals surface area contributed by atoms with Crippen LogP contribution in [-0.4, -0.2) is 18.4 Å². The molecule has 2 N–H and O–H groups in total. The van der Waals surface area contributed by atoms with Crippen molar-refractivity contribution in [1.29, 1.82) is 0 Å². The number of benzene rings is 3. The Morgan fingerprint density at radius 3 is 2.10 bits per heavy atom. The van der Waals surface area contributed by atoms with Crippen LogP contribution in [-0.2, 0) is 4.79 Å². The minimum absolute atomic E-state index is 0.112. The normalized spacial score (nSPS) is 11.6. The Morgan fingerprint density at radius 2 is 1.43 bits per heavy atom. The van der Waals surface area contributed by atoms with Crippen LogP contribution in [0.1, 0.15) is 35.8 Å². The zero-order valence-electron chi connectivity index (χ0n) is 17.2. The summed E-state index contributed by atoms with van der Waals surface area (Å²) in [7, 11) is 0. The second-order valence-electron chi connectivity index (χ2n) is 7.30. The molecule has 1 atom stereocenters. The lowest BCUT2D eigenvalue weighted by atomic mass is 9.96. The molecule has 0 aliphatic rings. The number of ether oxygens (including phenoxy) is 1. The predicted molar refractivity (Wildman–Crippen MR) is 118 cm³/mol. The van der Waals surface area contributed by atoms with Crippen LogP contribution in [0.15, 0.2) is 84.9 Å². The minimum atomic E-state index is -0.290. The van der Waals surface area contributed by atoms with Crippen LogP contribution >= 0.6 is 0 Å². The fraction of sp³-hybridized carbons (Fsp3) is 0.200. The van der Waals surface area contributed by atoms with E-state index in [2.05, 4.69) is 24.5 Å². The van der Waals surface area contributed by atoms with Gasteiger partial charge in [0.25, 0.3) is 11.8 Å². The maximum Gasteiger partial charge on any atom is 0.259 e. The van der Waals surface area contributed by atoms with Gasteiger partial charge in [-0.25, -0.2) is 0 Å². The van der Waals surface area contributed by atoms with Crippen LogP contribution in [0, 0.1) is 5.92 Å². The summed E-state index contributed by atoms with van der Waals surface area (Å²) in [6, 6.07) is 25.8. The van der Waals surface area contributed by atoms with Crippen molar-refractivity contribution in [2.75, 3.05) is 11.9 Å². The summed E-state index contributed by atoms with van der Waals surface area (Å²) in [5.41, 5.74) is 2.11. The molecular weight excluding hydrogens is 376 g/mol. The Labute approximate surface area is 177 Å². The molecule has 30 heavy (non-hydrogen) atoms. The first-order valence-corrected chi connectivity index (χ1v) is 9.97. The zero-order chi connectivity index (χ0) is 21.3. The number of nitrogens with one attached hydrogen (secondary N) is 2. The Morgan fingerprint density at radius 1 is 0.833 bits per heavy atom. The van der Waals surface area contributed by atoms with Crippen LogP contribution in [0.4, 0.5) is 5.69 Å². The molecule has 5 nitrogen and oxygen atoms in total. The fourth-order valence-electron chi connectivity index (χ4n) is 3.15. The van der Waals surface area contributed by atoms with Gasteiger partial charge in [-0.15, -0.1) is 0 Å². The SMILES string of the molecule is CC(C)C(NC(=O)COc1ccccc1C(=O)Nc1ccccc1)c1ccccc1. The first-order chi connectivity index (χ1) is 14.5. The predicted octanol–water partition coefficient (Wildman–Crippen LogP) is 4.83. The number of amides is 2. The Hall–Kier alpha value is -3.60. The van der Waals surface area contributed by atoms with E-state index in [4.69, 9.17) is 4.74 Å². The molecule has 1 unspecified atom stereocenters. The first kappa shape index (κ1) is 21.1. The van der Waals surface area contributed by atoms with Gasteiger partial charge in [0.2, 0.25) is 0 Å². The summed E-state index contributed by atoms with van der Waals surface area (Å²) in [4.78, 5) is 25.2. The summed E-state index contributed by atoms with van der Waals surface area (Å²) < 4.78 is 5.70. The maximum atomic E-state index is 12.6. The summed E-state index contributed by atoms with van der Waals surface area (Å²) in [6.45, 7) is 3.94. The third-order valence-electron chi connectivity index (χ3n) is 4.66. The second kappa shape index (κ2) is 10.3. The third kappa shape index (κ3) is 5.70. The van der Waals surface area contributed by atoms with Crippen molar-refractivity contribution in [3.63, 3.8) is 0 Å². The molecule has 154 valence electrons. The first-order valence-electron chi connectivity index (χ1n) is 9.97. The van der Waals surface area contributed by atoms with E-state index in [0.29, 0.717) is 17.0 Å². The van der Waals surface area contributed by atoms with Gasteiger partial charge >= 0.3 is 0 Å². The lowest BCUT2D eigenvalue weighted by Crippen LogP contribution is -2.35. The van der Waals surface area contributed by atoms with Gasteiger partial charge in [0.05, 0.1) is 11.6 Å². The van der Waals surface area contributed by atoms with E-state index in [9.17, 15) is 9.59 Å². The van der Waals surface area contributed by atoms with Crippen LogP contribution in [0.3, 0.4) is 0 Å². The van der Waals surface area contributed by atoms with E-state index >= 15 is 0 Å². The van der Waals surface area contributed by atoms with Crippen LogP contribution in [0.2, 0.25) is 0 Å². The number of carbonyl (C=O) groups excluding carboxylic acids is 2. The van der Waals surface area contributed by atoms with Crippen molar-refractivity contribution in [1.82, 2.24) is 5.32 Å². The minimum Gasteiger partial charge on any atom is -0.483 e. The average molecular weight is 402 g/mol. The Kier molecular flexibility index (Phi) is 7.22. The summed E-state index contributed by atoms with van der Waals surface area (Å²) in [5, 5.41) is 5.86. The molecule has 0 fully saturated rings. The van der Waals surface area contributed by atoms with Crippen molar-refractivity contribution in [3.8, 4) is 5.75 Å². The molecule has 0 bridgehead atoms. The van der Waals surface area contributed by atoms with Gasteiger partial charge in [-0.05, 0) is 35.7 Å². The van der Waals surface area contributed by atoms with Crippen LogP contribution < -0.4 is 15.4 Å². The van der Waals surface area contributed by atoms with Crippen molar-refractivity contribution in [3.05, 3.63) is 96.1 Å². The number of hydrogen-bond acceptors (Lipinski definition) is 3. The van der Waals surface area contributed by atoms with E-state index < -0.39 is 0 Å². The van der Waals surface area contributed by atoms with Gasteiger partial charge in [0, 0.05) is 5.69 Å². The molecule has 2 amide bonds. The topological polar surface area (TPSA) is 67.4 Å². The van der Waals surface area contributed by atoms with E-state index in [1.54, 1.807) is 24.3 Å². The van der Waals surface area contributed by atoms with E-state index in [0.717, 1.165) is 5.56 Å². The molecule has 5 heteroatoms. The van der Waals surface area contributed by atoms with Crippen molar-refractivity contribution >= 4 is 17.5 Å². The van der Waals surface area contributed by atoms with Crippen LogP contribution in [0.25, 0.3) is 0 Å². The summed E-state index contributed by atoms with van der Waals surface area (Å²) in [5.74, 6) is 0.0551. The van der Waals surface area contributed by atoms with Crippen molar-refractivity contribution in [2.24, 2.45) is 5.92 Å². The van der Waals surface area contributed by atoms with Gasteiger partial charge in [-0.2, -0.15) is 0 Å². The summed E-state index contributed by atoms with van der Waals surface area (Å²) in [6.07, 6.45) is 0. The number of para-hydroxylation sites is 2. The zero-order valence-corrected chi connectivity index (χ0v) is 17.2. The quantitative estimate of drug-likeness (QED) is 0.567. The van der Waals surface area contributed by atoms with E-state index in [1.165, 1.54) is 0 Å². The van der Waals surface area contributed by atoms with Gasteiger partial charge in [-0.1, -0.05) is 74.5 Å². The highest BCUT2D eigenvalue weighted by atomic mass is 16.5. The molecule has 0 aromatic heterocycles. The van der Waals surface area contributed by atoms with Crippen molar-refractivity contribution in [2.45, 2.75) is 19.9 Å². The molecule has 0 heterocycles. The number of rotatable bonds is 8. The molecular formula is C25H26N2O3. The molecule has 0 saturated carbocycles. The number of carbonyl (C=O) groups is 2. The Balaban J connectivity index is 1.64. The molecule has 0 aliphatic heterocycles. The number of anilines is 1. The smallest absolute Gasteiger partial charge is 0.259 e. The molecule has 3 rings (SSSR count). The molecule has 0 spiro atoms. The Bertz CT molecular complexity index is 972. The molecule has 0 aliphatic carbocycles. The largest absolute Gasteiger partial charge is 0.483 e. The van der Waals surface area contributed by atoms with E-state index in [1.807, 2.05) is 60.7 Å². The van der Waals surface area contributed by atoms with Gasteiger partial charge < -0.3 is 15.4 Å². The van der Waals surface area contributed by atoms with Gasteiger partial charge in [0.15, 0.2) is 6.61 Å². The molecule has 0 saturated heterocycles. The summed E-state index contributed by atoms with van der Waals surface area (Å²) >= 11 is 0. The highest BCUT2D eigenvalue weighted by molar-refractivity contribution is 6.06. The monoisotopic (exact) mass is 402 g/mol. The molecule has 3 aromatic rings. The third-order valence-corrected chi connectivity index (χ3v) is 4.66. The number of hydrogen-bond donors (Lipinski definition) is 2. The van der Waals surface area contributed by atoms with Crippen LogP contribution in [0.5, 0.6) is 5.75 Å². The van der Waals surface area contributed by atoms with Gasteiger partial charge in [-0.3, -0.25) is 9.59 Å². The molecule has 3 aromatic carbocycles. The average Bonchev–Trinajstić information content (AvgIpc) is 2.77. The fourth-order valence-corrected chi connectivity index (χ4v) is 3.15. The van der Waals surface area contributed by atoms with Gasteiger partial charge in [0.1, 0.15) is 5.75 Å². The van der Waals surface area contributed by atoms with Crippen molar-refractivity contribution < 1.29 is 14.3 Å². The maximum absolute atomic E-state index is 12.6. The highest BCUT2D eigenvalue weighted by Gasteiger charge is 2.19. The lowest BCUT2D eigenvalue weighted by molar-refractivity contribution is -0.124.